The maximum atomic E-state index is 13.7. The molecular formula is C25H24O2SSe. The molecule has 29 heavy (non-hydrogen) atoms. The number of sulfone groups is 1. The van der Waals surface area contributed by atoms with E-state index in [1.165, 1.54) is 10.0 Å². The van der Waals surface area contributed by atoms with Gasteiger partial charge in [0.25, 0.3) is 0 Å². The molecule has 0 unspecified atom stereocenters. The third-order valence-electron chi connectivity index (χ3n) is 5.07. The Labute approximate surface area is 179 Å². The first-order valence-electron chi connectivity index (χ1n) is 9.81. The van der Waals surface area contributed by atoms with E-state index in [-0.39, 0.29) is 20.9 Å². The summed E-state index contributed by atoms with van der Waals surface area (Å²) in [6.07, 6.45) is 1.89. The van der Waals surface area contributed by atoms with Gasteiger partial charge in [0, 0.05) is 0 Å². The summed E-state index contributed by atoms with van der Waals surface area (Å²) in [5.41, 5.74) is 3.26. The first kappa shape index (κ1) is 20.2. The topological polar surface area (TPSA) is 34.1 Å². The average Bonchev–Trinajstić information content (AvgIpc) is 3.54. The summed E-state index contributed by atoms with van der Waals surface area (Å²) in [4.78, 5) is 1.03. The van der Waals surface area contributed by atoms with Gasteiger partial charge < -0.3 is 0 Å². The number of hydrogen-bond donors (Lipinski definition) is 0. The molecule has 0 amide bonds. The van der Waals surface area contributed by atoms with Gasteiger partial charge in [-0.2, -0.15) is 0 Å². The molecule has 0 heterocycles. The van der Waals surface area contributed by atoms with Crippen LogP contribution in [0.15, 0.2) is 88.7 Å². The van der Waals surface area contributed by atoms with Gasteiger partial charge >= 0.3 is 180 Å². The van der Waals surface area contributed by atoms with Crippen LogP contribution in [-0.2, 0) is 9.84 Å². The zero-order valence-electron chi connectivity index (χ0n) is 16.6. The van der Waals surface area contributed by atoms with Gasteiger partial charge in [-0.3, -0.25) is 0 Å². The fourth-order valence-electron chi connectivity index (χ4n) is 3.28. The van der Waals surface area contributed by atoms with Crippen LogP contribution in [0.25, 0.3) is 4.47 Å². The van der Waals surface area contributed by atoms with Crippen molar-refractivity contribution >= 4 is 33.7 Å². The molecule has 3 aromatic carbocycles. The third kappa shape index (κ3) is 4.56. The molecule has 0 spiro atoms. The van der Waals surface area contributed by atoms with Crippen molar-refractivity contribution in [1.82, 2.24) is 0 Å². The molecular weight excluding hydrogens is 443 g/mol. The second kappa shape index (κ2) is 8.31. The molecule has 0 saturated heterocycles. The van der Waals surface area contributed by atoms with E-state index in [1.54, 1.807) is 12.1 Å². The summed E-state index contributed by atoms with van der Waals surface area (Å²) < 4.78 is 29.7. The Balaban J connectivity index is 1.91. The Morgan fingerprint density at radius 3 is 1.90 bits per heavy atom. The normalized spacial score (nSPS) is 15.1. The fraction of sp³-hybridized carbons (Fsp3) is 0.200. The molecule has 2 nitrogen and oxygen atoms in total. The zero-order chi connectivity index (χ0) is 20.4. The Morgan fingerprint density at radius 2 is 1.34 bits per heavy atom. The average molecular weight is 467 g/mol. The van der Waals surface area contributed by atoms with Gasteiger partial charge in [0.2, 0.25) is 0 Å². The van der Waals surface area contributed by atoms with Crippen molar-refractivity contribution in [2.75, 3.05) is 0 Å². The van der Waals surface area contributed by atoms with Crippen molar-refractivity contribution in [3.63, 3.8) is 0 Å². The number of hydrogen-bond acceptors (Lipinski definition) is 2. The van der Waals surface area contributed by atoms with E-state index in [9.17, 15) is 8.42 Å². The molecule has 148 valence electrons. The molecule has 0 aliphatic heterocycles. The number of rotatable bonds is 6. The van der Waals surface area contributed by atoms with E-state index in [1.807, 2.05) is 37.3 Å². The fourth-order valence-corrected chi connectivity index (χ4v) is 8.17. The van der Waals surface area contributed by atoms with Gasteiger partial charge in [0.05, 0.1) is 0 Å². The van der Waals surface area contributed by atoms with Crippen LogP contribution < -0.4 is 4.46 Å². The Bertz CT molecular complexity index is 1130. The van der Waals surface area contributed by atoms with Crippen LogP contribution >= 0.6 is 0 Å². The molecule has 0 atom stereocenters. The van der Waals surface area contributed by atoms with Gasteiger partial charge in [-0.1, -0.05) is 0 Å². The summed E-state index contributed by atoms with van der Waals surface area (Å²) in [5.74, 6) is 0.128. The van der Waals surface area contributed by atoms with Crippen molar-refractivity contribution in [3.8, 4) is 0 Å². The quantitative estimate of drug-likeness (QED) is 0.484. The molecule has 1 saturated carbocycles. The van der Waals surface area contributed by atoms with Crippen molar-refractivity contribution in [3.05, 3.63) is 100 Å². The van der Waals surface area contributed by atoms with E-state index in [0.29, 0.717) is 9.80 Å². The number of benzene rings is 3. The minimum atomic E-state index is -3.54. The molecule has 0 aromatic heterocycles. The predicted octanol–water partition coefficient (Wildman–Crippen LogP) is 4.89. The second-order valence-electron chi connectivity index (χ2n) is 7.57. The van der Waals surface area contributed by atoms with Crippen LogP contribution in [0.3, 0.4) is 0 Å². The first-order chi connectivity index (χ1) is 13.9. The standard InChI is InChI=1S/C25H24O2SSe/c1-18-8-12-21(13-9-18)25(29-23-6-4-3-5-7-23)24(20-14-15-20)28(26,27)22-16-10-19(2)11-17-22/h3-13,16-17,20H,14-15H2,1-2H3/b25-24+. The second-order valence-corrected chi connectivity index (χ2v) is 11.8. The van der Waals surface area contributed by atoms with Crippen molar-refractivity contribution < 1.29 is 8.42 Å². The van der Waals surface area contributed by atoms with Crippen molar-refractivity contribution in [2.45, 2.75) is 31.6 Å². The Morgan fingerprint density at radius 1 is 0.793 bits per heavy atom. The summed E-state index contributed by atoms with van der Waals surface area (Å²) in [6, 6.07) is 25.8. The number of aryl methyl sites for hydroxylation is 2. The van der Waals surface area contributed by atoms with Crippen LogP contribution in [0.1, 0.15) is 29.5 Å². The van der Waals surface area contributed by atoms with E-state index in [0.717, 1.165) is 28.4 Å². The van der Waals surface area contributed by atoms with Crippen LogP contribution in [-0.4, -0.2) is 23.4 Å². The molecule has 1 fully saturated rings. The first-order valence-corrected chi connectivity index (χ1v) is 13.0. The van der Waals surface area contributed by atoms with Gasteiger partial charge in [0.1, 0.15) is 0 Å². The van der Waals surface area contributed by atoms with Gasteiger partial charge in [-0.25, -0.2) is 0 Å². The molecule has 0 N–H and O–H groups in total. The van der Waals surface area contributed by atoms with E-state index in [4.69, 9.17) is 0 Å². The molecule has 3 aromatic rings. The molecule has 4 rings (SSSR count). The van der Waals surface area contributed by atoms with Crippen LogP contribution in [0.5, 0.6) is 0 Å². The van der Waals surface area contributed by atoms with Crippen LogP contribution in [0.4, 0.5) is 0 Å². The maximum absolute atomic E-state index is 13.7. The molecule has 0 radical (unpaired) electrons. The van der Waals surface area contributed by atoms with Gasteiger partial charge in [-0.05, 0) is 0 Å². The molecule has 1 aliphatic carbocycles. The van der Waals surface area contributed by atoms with Crippen LogP contribution in [0, 0.1) is 19.8 Å². The van der Waals surface area contributed by atoms with E-state index >= 15 is 0 Å². The van der Waals surface area contributed by atoms with Crippen LogP contribution in [0.2, 0.25) is 0 Å². The monoisotopic (exact) mass is 468 g/mol. The zero-order valence-corrected chi connectivity index (χ0v) is 19.2. The SMILES string of the molecule is Cc1ccc(/C([Se]c2ccccc2)=C(/C2CC2)S(=O)(=O)c2ccc(C)cc2)cc1. The molecule has 0 bridgehead atoms. The summed E-state index contributed by atoms with van der Waals surface area (Å²) in [7, 11) is -3.54. The Hall–Kier alpha value is -2.13. The summed E-state index contributed by atoms with van der Waals surface area (Å²) in [5, 5.41) is 0. The van der Waals surface area contributed by atoms with Crippen molar-refractivity contribution in [2.24, 2.45) is 5.92 Å². The van der Waals surface area contributed by atoms with E-state index < -0.39 is 9.84 Å². The van der Waals surface area contributed by atoms with Gasteiger partial charge in [-0.15, -0.1) is 0 Å². The predicted molar refractivity (Wildman–Crippen MR) is 121 cm³/mol. The number of allylic oxidation sites excluding steroid dienone is 1. The molecule has 4 heteroatoms. The summed E-state index contributed by atoms with van der Waals surface area (Å²) >= 11 is -0.0911. The molecule has 1 aliphatic rings. The Kier molecular flexibility index (Phi) is 5.78. The van der Waals surface area contributed by atoms with E-state index in [2.05, 4.69) is 43.3 Å². The van der Waals surface area contributed by atoms with Gasteiger partial charge in [0.15, 0.2) is 0 Å². The minimum absolute atomic E-state index is 0.0911. The van der Waals surface area contributed by atoms with Crippen molar-refractivity contribution in [1.29, 1.82) is 0 Å². The third-order valence-corrected chi connectivity index (χ3v) is 9.82. The summed E-state index contributed by atoms with van der Waals surface area (Å²) in [6.45, 7) is 4.03.